The van der Waals surface area contributed by atoms with E-state index in [1.54, 1.807) is 7.11 Å². The molecule has 1 heterocycles. The number of hydrogen-bond donors (Lipinski definition) is 0. The molecule has 1 aliphatic carbocycles. The lowest BCUT2D eigenvalue weighted by Crippen LogP contribution is -2.37. The SMILES string of the molecule is COc1ccc(Br)c(CC/C=C\CP2(=O)N(C)[C@@H]3CCCC[C@H]3N2C)c1. The zero-order valence-corrected chi connectivity index (χ0v) is 18.5. The monoisotopic (exact) mass is 440 g/mol. The molecule has 0 N–H and O–H groups in total. The maximum absolute atomic E-state index is 13.6. The fourth-order valence-electron chi connectivity index (χ4n) is 4.35. The standard InChI is InChI=1S/C20H30BrN2O2P/c1-22-19-10-6-7-11-20(19)23(2)26(22,24)14-8-4-5-9-16-15-17(25-3)12-13-18(16)21/h4,8,12-13,15,19-20H,5-7,9-11,14H2,1-3H3/b8-4-/t19-,20-/m1/s1. The summed E-state index contributed by atoms with van der Waals surface area (Å²) in [5, 5.41) is 0. The van der Waals surface area contributed by atoms with E-state index in [1.807, 2.05) is 12.1 Å². The first kappa shape index (κ1) is 20.1. The minimum Gasteiger partial charge on any atom is -0.497 e. The second-order valence-corrected chi connectivity index (χ2v) is 11.2. The summed E-state index contributed by atoms with van der Waals surface area (Å²) in [7, 11) is 3.38. The molecule has 0 bridgehead atoms. The molecule has 1 aromatic rings. The first-order valence-corrected chi connectivity index (χ1v) is 12.1. The summed E-state index contributed by atoms with van der Waals surface area (Å²) in [6, 6.07) is 7.01. The van der Waals surface area contributed by atoms with Crippen molar-refractivity contribution < 1.29 is 9.30 Å². The van der Waals surface area contributed by atoms with Gasteiger partial charge >= 0.3 is 0 Å². The molecule has 2 aliphatic rings. The molecule has 1 aliphatic heterocycles. The topological polar surface area (TPSA) is 32.8 Å². The van der Waals surface area contributed by atoms with Crippen LogP contribution >= 0.6 is 23.4 Å². The maximum Gasteiger partial charge on any atom is 0.220 e. The van der Waals surface area contributed by atoms with Gasteiger partial charge in [-0.05, 0) is 63.5 Å². The van der Waals surface area contributed by atoms with E-state index in [2.05, 4.69) is 57.6 Å². The third-order valence-corrected chi connectivity index (χ3v) is 10.0. The van der Waals surface area contributed by atoms with Crippen molar-refractivity contribution in [1.82, 2.24) is 9.34 Å². The van der Waals surface area contributed by atoms with Crippen LogP contribution in [0.1, 0.15) is 37.7 Å². The van der Waals surface area contributed by atoms with Gasteiger partial charge in [0.15, 0.2) is 0 Å². The quantitative estimate of drug-likeness (QED) is 0.442. The normalized spacial score (nSPS) is 26.3. The van der Waals surface area contributed by atoms with E-state index in [-0.39, 0.29) is 0 Å². The van der Waals surface area contributed by atoms with Gasteiger partial charge in [-0.3, -0.25) is 4.57 Å². The number of aryl methyl sites for hydroxylation is 1. The predicted molar refractivity (Wildman–Crippen MR) is 112 cm³/mol. The zero-order valence-electron chi connectivity index (χ0n) is 16.0. The van der Waals surface area contributed by atoms with Crippen LogP contribution < -0.4 is 4.74 Å². The number of likely N-dealkylation sites (N-methyl/N-ethyl adjacent to an activating group) is 2. The van der Waals surface area contributed by atoms with Crippen molar-refractivity contribution in [2.24, 2.45) is 0 Å². The number of hydrogen-bond acceptors (Lipinski definition) is 2. The summed E-state index contributed by atoms with van der Waals surface area (Å²) >= 11 is 3.60. The molecular weight excluding hydrogens is 411 g/mol. The summed E-state index contributed by atoms with van der Waals surface area (Å²) in [4.78, 5) is 0. The summed E-state index contributed by atoms with van der Waals surface area (Å²) < 4.78 is 24.4. The molecule has 1 saturated heterocycles. The van der Waals surface area contributed by atoms with Gasteiger partial charge in [0.05, 0.1) is 7.11 Å². The molecule has 2 fully saturated rings. The molecule has 0 radical (unpaired) electrons. The van der Waals surface area contributed by atoms with Gasteiger partial charge in [0.25, 0.3) is 0 Å². The van der Waals surface area contributed by atoms with Crippen LogP contribution in [0.3, 0.4) is 0 Å². The van der Waals surface area contributed by atoms with Crippen molar-refractivity contribution in [3.05, 3.63) is 40.4 Å². The van der Waals surface area contributed by atoms with Crippen molar-refractivity contribution in [1.29, 1.82) is 0 Å². The third kappa shape index (κ3) is 3.96. The number of fused-ring (bicyclic) bond motifs is 1. The molecule has 2 atom stereocenters. The predicted octanol–water partition coefficient (Wildman–Crippen LogP) is 5.33. The highest BCUT2D eigenvalue weighted by molar-refractivity contribution is 9.10. The molecule has 1 saturated carbocycles. The molecule has 1 aromatic carbocycles. The number of halogens is 1. The fraction of sp³-hybridized carbons (Fsp3) is 0.600. The van der Waals surface area contributed by atoms with Gasteiger partial charge in [-0.15, -0.1) is 0 Å². The van der Waals surface area contributed by atoms with Crippen LogP contribution in [0.5, 0.6) is 5.75 Å². The minimum absolute atomic E-state index is 0.473. The number of rotatable bonds is 6. The van der Waals surface area contributed by atoms with E-state index >= 15 is 0 Å². The zero-order chi connectivity index (χ0) is 18.7. The molecule has 144 valence electrons. The van der Waals surface area contributed by atoms with E-state index < -0.39 is 7.44 Å². The van der Waals surface area contributed by atoms with Crippen molar-refractivity contribution >= 4 is 23.4 Å². The van der Waals surface area contributed by atoms with Gasteiger partial charge in [-0.2, -0.15) is 0 Å². The van der Waals surface area contributed by atoms with Gasteiger partial charge in [-0.25, -0.2) is 9.34 Å². The van der Waals surface area contributed by atoms with Crippen LogP contribution in [-0.2, 0) is 11.0 Å². The lowest BCUT2D eigenvalue weighted by Gasteiger charge is -2.28. The van der Waals surface area contributed by atoms with E-state index in [4.69, 9.17) is 4.74 Å². The summed E-state index contributed by atoms with van der Waals surface area (Å²) in [5.74, 6) is 0.883. The highest BCUT2D eigenvalue weighted by Gasteiger charge is 2.50. The van der Waals surface area contributed by atoms with Gasteiger partial charge < -0.3 is 4.74 Å². The Balaban J connectivity index is 1.57. The van der Waals surface area contributed by atoms with Crippen LogP contribution in [0, 0.1) is 0 Å². The molecular formula is C20H30BrN2O2P. The van der Waals surface area contributed by atoms with Crippen LogP contribution in [0.15, 0.2) is 34.8 Å². The Morgan fingerprint density at radius 3 is 2.46 bits per heavy atom. The molecule has 0 aromatic heterocycles. The molecule has 3 rings (SSSR count). The summed E-state index contributed by atoms with van der Waals surface area (Å²) in [5.41, 5.74) is 1.24. The van der Waals surface area contributed by atoms with Crippen molar-refractivity contribution in [3.63, 3.8) is 0 Å². The van der Waals surface area contributed by atoms with Crippen LogP contribution in [0.2, 0.25) is 0 Å². The van der Waals surface area contributed by atoms with Crippen LogP contribution in [0.4, 0.5) is 0 Å². The Bertz CT molecular complexity index is 687. The Hall–Kier alpha value is -0.610. The number of ether oxygens (including phenoxy) is 1. The highest BCUT2D eigenvalue weighted by atomic mass is 79.9. The smallest absolute Gasteiger partial charge is 0.220 e. The average Bonchev–Trinajstić information content (AvgIpc) is 2.85. The van der Waals surface area contributed by atoms with Gasteiger partial charge in [0.1, 0.15) is 5.75 Å². The number of methoxy groups -OCH3 is 1. The lowest BCUT2D eigenvalue weighted by molar-refractivity contribution is 0.233. The third-order valence-electron chi connectivity index (χ3n) is 5.98. The Morgan fingerprint density at radius 2 is 1.85 bits per heavy atom. The van der Waals surface area contributed by atoms with Gasteiger partial charge in [0, 0.05) is 22.7 Å². The van der Waals surface area contributed by atoms with Crippen molar-refractivity contribution in [2.75, 3.05) is 27.4 Å². The molecule has 4 nitrogen and oxygen atoms in total. The van der Waals surface area contributed by atoms with Gasteiger partial charge in [-0.1, -0.05) is 40.9 Å². The Labute approximate surface area is 166 Å². The first-order chi connectivity index (χ1) is 12.5. The Morgan fingerprint density at radius 1 is 1.19 bits per heavy atom. The van der Waals surface area contributed by atoms with Crippen molar-refractivity contribution in [3.8, 4) is 5.75 Å². The average molecular weight is 441 g/mol. The van der Waals surface area contributed by atoms with Gasteiger partial charge in [0.2, 0.25) is 7.44 Å². The van der Waals surface area contributed by atoms with E-state index in [0.29, 0.717) is 18.2 Å². The maximum atomic E-state index is 13.6. The second-order valence-electron chi connectivity index (χ2n) is 7.38. The largest absolute Gasteiger partial charge is 0.497 e. The molecule has 0 unspecified atom stereocenters. The second kappa shape index (κ2) is 8.60. The number of nitrogens with zero attached hydrogens (tertiary/aromatic N) is 2. The summed E-state index contributed by atoms with van der Waals surface area (Å²) in [6.45, 7) is 0. The fourth-order valence-corrected chi connectivity index (χ4v) is 7.64. The van der Waals surface area contributed by atoms with Crippen LogP contribution in [-0.4, -0.2) is 48.8 Å². The first-order valence-electron chi connectivity index (χ1n) is 9.50. The lowest BCUT2D eigenvalue weighted by atomic mass is 9.91. The summed E-state index contributed by atoms with van der Waals surface area (Å²) in [6.07, 6.45) is 11.7. The van der Waals surface area contributed by atoms with E-state index in [1.165, 1.54) is 31.2 Å². The Kier molecular flexibility index (Phi) is 6.66. The number of allylic oxidation sites excluding steroid dienone is 2. The van der Waals surface area contributed by atoms with Crippen LogP contribution in [0.25, 0.3) is 0 Å². The molecule has 0 spiro atoms. The highest BCUT2D eigenvalue weighted by Crippen LogP contribution is 2.61. The number of benzene rings is 1. The minimum atomic E-state index is -2.44. The van der Waals surface area contributed by atoms with E-state index in [0.717, 1.165) is 23.1 Å². The van der Waals surface area contributed by atoms with E-state index in [9.17, 15) is 4.57 Å². The molecule has 26 heavy (non-hydrogen) atoms. The molecule has 0 amide bonds. The molecule has 6 heteroatoms. The van der Waals surface area contributed by atoms with Crippen molar-refractivity contribution in [2.45, 2.75) is 50.6 Å².